The summed E-state index contributed by atoms with van der Waals surface area (Å²) in [6.07, 6.45) is 63.9. The summed E-state index contributed by atoms with van der Waals surface area (Å²) in [7, 11) is 0. The zero-order valence-corrected chi connectivity index (χ0v) is 45.7. The molecule has 0 amide bonds. The van der Waals surface area contributed by atoms with Crippen LogP contribution < -0.4 is 0 Å². The van der Waals surface area contributed by atoms with E-state index in [4.69, 9.17) is 14.2 Å². The molecular formula is C61H118O6. The van der Waals surface area contributed by atoms with Crippen LogP contribution in [0.3, 0.4) is 0 Å². The van der Waals surface area contributed by atoms with E-state index in [0.717, 1.165) is 57.8 Å². The first-order valence-electron chi connectivity index (χ1n) is 30.5. The summed E-state index contributed by atoms with van der Waals surface area (Å²) >= 11 is 0. The van der Waals surface area contributed by atoms with Crippen LogP contribution in [0.15, 0.2) is 0 Å². The second-order valence-corrected chi connectivity index (χ2v) is 21.0. The minimum Gasteiger partial charge on any atom is -0.462 e. The molecule has 0 bridgehead atoms. The van der Waals surface area contributed by atoms with Crippen LogP contribution in [0.1, 0.15) is 355 Å². The van der Waals surface area contributed by atoms with Gasteiger partial charge in [-0.1, -0.05) is 316 Å². The highest BCUT2D eigenvalue weighted by molar-refractivity contribution is 5.71. The Morgan fingerprint density at radius 3 is 0.597 bits per heavy atom. The number of rotatable bonds is 57. The number of unbranched alkanes of at least 4 members (excludes halogenated alkanes) is 46. The van der Waals surface area contributed by atoms with Gasteiger partial charge in [-0.3, -0.25) is 14.4 Å². The molecule has 0 radical (unpaired) electrons. The maximum absolute atomic E-state index is 12.9. The lowest BCUT2D eigenvalue weighted by atomic mass is 10.0. The van der Waals surface area contributed by atoms with Crippen molar-refractivity contribution < 1.29 is 28.6 Å². The van der Waals surface area contributed by atoms with Crippen molar-refractivity contribution in [2.45, 2.75) is 361 Å². The van der Waals surface area contributed by atoms with E-state index in [2.05, 4.69) is 20.8 Å². The first kappa shape index (κ1) is 65.4. The van der Waals surface area contributed by atoms with Crippen molar-refractivity contribution in [1.82, 2.24) is 0 Å². The molecule has 1 unspecified atom stereocenters. The molecule has 0 aliphatic rings. The largest absolute Gasteiger partial charge is 0.462 e. The fraction of sp³-hybridized carbons (Fsp3) is 0.951. The lowest BCUT2D eigenvalue weighted by molar-refractivity contribution is -0.167. The number of ether oxygens (including phenoxy) is 3. The van der Waals surface area contributed by atoms with Crippen molar-refractivity contribution in [3.05, 3.63) is 0 Å². The van der Waals surface area contributed by atoms with Gasteiger partial charge < -0.3 is 14.2 Å². The Balaban J connectivity index is 4.23. The van der Waals surface area contributed by atoms with E-state index in [1.807, 2.05) is 0 Å². The van der Waals surface area contributed by atoms with Crippen LogP contribution in [-0.4, -0.2) is 37.2 Å². The highest BCUT2D eigenvalue weighted by Crippen LogP contribution is 2.18. The standard InChI is InChI=1S/C61H118O6/c1-4-7-10-13-16-19-22-24-26-28-30-32-34-36-39-42-45-48-51-54-60(63)66-57-58(56-65-59(62)53-50-47-44-41-38-21-18-15-12-9-6-3)67-61(64)55-52-49-46-43-40-37-35-33-31-29-27-25-23-20-17-14-11-8-5-2/h58H,4-57H2,1-3H3. The van der Waals surface area contributed by atoms with Crippen LogP contribution in [0.4, 0.5) is 0 Å². The van der Waals surface area contributed by atoms with Crippen LogP contribution in [0.5, 0.6) is 0 Å². The summed E-state index contributed by atoms with van der Waals surface area (Å²) < 4.78 is 16.9. The third-order valence-corrected chi connectivity index (χ3v) is 14.1. The molecule has 0 saturated heterocycles. The van der Waals surface area contributed by atoms with E-state index in [0.29, 0.717) is 19.3 Å². The van der Waals surface area contributed by atoms with E-state index in [9.17, 15) is 14.4 Å². The molecule has 1 atom stereocenters. The van der Waals surface area contributed by atoms with Gasteiger partial charge in [-0.05, 0) is 19.3 Å². The molecule has 0 heterocycles. The van der Waals surface area contributed by atoms with Crippen LogP contribution in [0.2, 0.25) is 0 Å². The van der Waals surface area contributed by atoms with Gasteiger partial charge in [0, 0.05) is 19.3 Å². The van der Waals surface area contributed by atoms with Gasteiger partial charge in [0.25, 0.3) is 0 Å². The Kier molecular flexibility index (Phi) is 55.6. The molecule has 67 heavy (non-hydrogen) atoms. The number of hydrogen-bond acceptors (Lipinski definition) is 6. The molecule has 0 aliphatic heterocycles. The summed E-state index contributed by atoms with van der Waals surface area (Å²) in [6.45, 7) is 6.71. The Bertz CT molecular complexity index is 998. The van der Waals surface area contributed by atoms with E-state index in [1.54, 1.807) is 0 Å². The van der Waals surface area contributed by atoms with Gasteiger partial charge in [0.2, 0.25) is 0 Å². The second-order valence-electron chi connectivity index (χ2n) is 21.0. The van der Waals surface area contributed by atoms with Crippen molar-refractivity contribution in [3.8, 4) is 0 Å². The molecule has 0 aromatic heterocycles. The maximum atomic E-state index is 12.9. The van der Waals surface area contributed by atoms with Crippen molar-refractivity contribution in [3.63, 3.8) is 0 Å². The third-order valence-electron chi connectivity index (χ3n) is 14.1. The fourth-order valence-corrected chi connectivity index (χ4v) is 9.51. The normalized spacial score (nSPS) is 11.9. The molecule has 0 N–H and O–H groups in total. The van der Waals surface area contributed by atoms with Gasteiger partial charge in [-0.15, -0.1) is 0 Å². The zero-order valence-electron chi connectivity index (χ0n) is 45.7. The SMILES string of the molecule is CCCCCCCCCCCCCCCCCCCCCC(=O)OCC(COC(=O)CCCCCCCCCCCCC)OC(=O)CCCCCCCCCCCCCCCCCCCCC. The summed E-state index contributed by atoms with van der Waals surface area (Å²) in [5.74, 6) is -0.830. The van der Waals surface area contributed by atoms with E-state index >= 15 is 0 Å². The smallest absolute Gasteiger partial charge is 0.306 e. The van der Waals surface area contributed by atoms with Crippen LogP contribution in [-0.2, 0) is 28.6 Å². The maximum Gasteiger partial charge on any atom is 0.306 e. The highest BCUT2D eigenvalue weighted by Gasteiger charge is 2.19. The molecule has 6 nitrogen and oxygen atoms in total. The van der Waals surface area contributed by atoms with Gasteiger partial charge in [0.15, 0.2) is 6.10 Å². The molecular weight excluding hydrogens is 829 g/mol. The number of esters is 3. The van der Waals surface area contributed by atoms with Crippen molar-refractivity contribution in [2.75, 3.05) is 13.2 Å². The summed E-state index contributed by atoms with van der Waals surface area (Å²) in [4.78, 5) is 38.2. The number of hydrogen-bond donors (Lipinski definition) is 0. The average molecular weight is 948 g/mol. The number of carbonyl (C=O) groups excluding carboxylic acids is 3. The summed E-state index contributed by atoms with van der Waals surface area (Å²) in [5, 5.41) is 0. The minimum atomic E-state index is -0.761. The predicted octanol–water partition coefficient (Wildman–Crippen LogP) is 20.3. The van der Waals surface area contributed by atoms with Crippen molar-refractivity contribution in [2.24, 2.45) is 0 Å². The topological polar surface area (TPSA) is 78.9 Å². The molecule has 0 fully saturated rings. The molecule has 0 aromatic carbocycles. The van der Waals surface area contributed by atoms with Gasteiger partial charge >= 0.3 is 17.9 Å². The molecule has 398 valence electrons. The third kappa shape index (κ3) is 55.2. The quantitative estimate of drug-likeness (QED) is 0.0343. The minimum absolute atomic E-state index is 0.0609. The zero-order chi connectivity index (χ0) is 48.6. The fourth-order valence-electron chi connectivity index (χ4n) is 9.51. The Labute approximate surface area is 418 Å². The molecule has 0 spiro atoms. The summed E-state index contributed by atoms with van der Waals surface area (Å²) in [6, 6.07) is 0. The summed E-state index contributed by atoms with van der Waals surface area (Å²) in [5.41, 5.74) is 0. The van der Waals surface area contributed by atoms with Crippen molar-refractivity contribution in [1.29, 1.82) is 0 Å². The molecule has 0 aliphatic carbocycles. The van der Waals surface area contributed by atoms with E-state index in [1.165, 1.54) is 257 Å². The van der Waals surface area contributed by atoms with E-state index < -0.39 is 6.10 Å². The van der Waals surface area contributed by atoms with Crippen LogP contribution in [0.25, 0.3) is 0 Å². The predicted molar refractivity (Wildman–Crippen MR) is 289 cm³/mol. The average Bonchev–Trinajstić information content (AvgIpc) is 3.33. The second kappa shape index (κ2) is 57.0. The number of carbonyl (C=O) groups is 3. The first-order chi connectivity index (χ1) is 33.0. The Morgan fingerprint density at radius 2 is 0.403 bits per heavy atom. The van der Waals surface area contributed by atoms with Crippen LogP contribution in [0, 0.1) is 0 Å². The molecule has 0 aromatic rings. The van der Waals surface area contributed by atoms with Crippen molar-refractivity contribution >= 4 is 17.9 Å². The van der Waals surface area contributed by atoms with E-state index in [-0.39, 0.29) is 31.1 Å². The Morgan fingerprint density at radius 1 is 0.239 bits per heavy atom. The monoisotopic (exact) mass is 947 g/mol. The molecule has 0 rings (SSSR count). The first-order valence-corrected chi connectivity index (χ1v) is 30.5. The van der Waals surface area contributed by atoms with Gasteiger partial charge in [0.05, 0.1) is 0 Å². The highest BCUT2D eigenvalue weighted by atomic mass is 16.6. The lowest BCUT2D eigenvalue weighted by Gasteiger charge is -2.18. The van der Waals surface area contributed by atoms with Crippen LogP contribution >= 0.6 is 0 Å². The Hall–Kier alpha value is -1.59. The van der Waals surface area contributed by atoms with Gasteiger partial charge in [-0.25, -0.2) is 0 Å². The molecule has 6 heteroatoms. The molecule has 0 saturated carbocycles. The van der Waals surface area contributed by atoms with Gasteiger partial charge in [0.1, 0.15) is 13.2 Å². The van der Waals surface area contributed by atoms with Gasteiger partial charge in [-0.2, -0.15) is 0 Å². The lowest BCUT2D eigenvalue weighted by Crippen LogP contribution is -2.30.